The van der Waals surface area contributed by atoms with Crippen molar-refractivity contribution < 1.29 is 4.74 Å². The van der Waals surface area contributed by atoms with Crippen LogP contribution in [0.3, 0.4) is 0 Å². The Labute approximate surface area is 118 Å². The van der Waals surface area contributed by atoms with Crippen LogP contribution >= 0.6 is 11.3 Å². The van der Waals surface area contributed by atoms with Crippen LogP contribution in [0.5, 0.6) is 0 Å². The van der Waals surface area contributed by atoms with Gasteiger partial charge in [0.05, 0.1) is 18.6 Å². The summed E-state index contributed by atoms with van der Waals surface area (Å²) in [4.78, 5) is 4.62. The standard InChI is InChI=1S/C15H18N2OS/c1-2-18-10-6-9-16-11-15-17-14(12-19-15)13-7-4-3-5-8-13/h2-5,7-8,12,16H,1,6,9-11H2. The van der Waals surface area contributed by atoms with Gasteiger partial charge in [-0.1, -0.05) is 36.9 Å². The summed E-state index contributed by atoms with van der Waals surface area (Å²) in [6.07, 6.45) is 2.45. The Morgan fingerprint density at radius 3 is 2.95 bits per heavy atom. The van der Waals surface area contributed by atoms with E-state index in [4.69, 9.17) is 4.74 Å². The van der Waals surface area contributed by atoms with Gasteiger partial charge in [-0.05, 0) is 13.0 Å². The van der Waals surface area contributed by atoms with Crippen LogP contribution in [0, 0.1) is 0 Å². The topological polar surface area (TPSA) is 34.1 Å². The molecule has 4 heteroatoms. The van der Waals surface area contributed by atoms with Crippen LogP contribution in [0.25, 0.3) is 11.3 Å². The van der Waals surface area contributed by atoms with Crippen molar-refractivity contribution in [3.05, 3.63) is 53.6 Å². The molecule has 0 radical (unpaired) electrons. The van der Waals surface area contributed by atoms with E-state index in [1.165, 1.54) is 11.8 Å². The van der Waals surface area contributed by atoms with E-state index >= 15 is 0 Å². The SMILES string of the molecule is C=COCCCNCc1nc(-c2ccccc2)cs1. The highest BCUT2D eigenvalue weighted by molar-refractivity contribution is 7.09. The molecule has 1 heterocycles. The number of nitrogens with one attached hydrogen (secondary N) is 1. The Morgan fingerprint density at radius 1 is 1.32 bits per heavy atom. The minimum atomic E-state index is 0.712. The molecule has 0 aliphatic rings. The molecule has 0 fully saturated rings. The van der Waals surface area contributed by atoms with Gasteiger partial charge in [-0.25, -0.2) is 4.98 Å². The van der Waals surface area contributed by atoms with Crippen molar-refractivity contribution in [2.45, 2.75) is 13.0 Å². The Hall–Kier alpha value is -1.65. The zero-order valence-corrected chi connectivity index (χ0v) is 11.7. The van der Waals surface area contributed by atoms with Gasteiger partial charge < -0.3 is 10.1 Å². The molecular formula is C15H18N2OS. The first-order valence-electron chi connectivity index (χ1n) is 6.33. The number of hydrogen-bond acceptors (Lipinski definition) is 4. The molecule has 2 aromatic rings. The molecule has 2 rings (SSSR count). The second-order valence-corrected chi connectivity index (χ2v) is 5.00. The predicted molar refractivity (Wildman–Crippen MR) is 80.0 cm³/mol. The van der Waals surface area contributed by atoms with Crippen molar-refractivity contribution in [2.75, 3.05) is 13.2 Å². The molecule has 0 bridgehead atoms. The Bertz CT molecular complexity index is 496. The van der Waals surface area contributed by atoms with Crippen LogP contribution in [0.2, 0.25) is 0 Å². The van der Waals surface area contributed by atoms with Gasteiger partial charge in [-0.3, -0.25) is 0 Å². The quantitative estimate of drug-likeness (QED) is 0.591. The number of hydrogen-bond donors (Lipinski definition) is 1. The smallest absolute Gasteiger partial charge is 0.107 e. The Kier molecular flexibility index (Phi) is 5.59. The van der Waals surface area contributed by atoms with Crippen LogP contribution in [-0.2, 0) is 11.3 Å². The zero-order valence-electron chi connectivity index (χ0n) is 10.8. The molecule has 100 valence electrons. The maximum Gasteiger partial charge on any atom is 0.107 e. The molecule has 1 aromatic carbocycles. The molecule has 0 aliphatic heterocycles. The third-order valence-corrected chi connectivity index (χ3v) is 3.48. The summed E-state index contributed by atoms with van der Waals surface area (Å²) < 4.78 is 5.06. The van der Waals surface area contributed by atoms with Crippen molar-refractivity contribution >= 4 is 11.3 Å². The summed E-state index contributed by atoms with van der Waals surface area (Å²) in [5.74, 6) is 0. The van der Waals surface area contributed by atoms with E-state index in [0.29, 0.717) is 6.61 Å². The van der Waals surface area contributed by atoms with E-state index in [1.54, 1.807) is 11.3 Å². The monoisotopic (exact) mass is 274 g/mol. The van der Waals surface area contributed by atoms with E-state index in [1.807, 2.05) is 18.2 Å². The molecule has 0 saturated heterocycles. The first-order valence-corrected chi connectivity index (χ1v) is 7.21. The third-order valence-electron chi connectivity index (χ3n) is 2.63. The zero-order chi connectivity index (χ0) is 13.3. The molecule has 0 aliphatic carbocycles. The molecule has 1 N–H and O–H groups in total. The number of nitrogens with zero attached hydrogens (tertiary/aromatic N) is 1. The number of thiazole rings is 1. The summed E-state index contributed by atoms with van der Waals surface area (Å²) in [6, 6.07) is 10.2. The minimum Gasteiger partial charge on any atom is -0.502 e. The van der Waals surface area contributed by atoms with Gasteiger partial charge >= 0.3 is 0 Å². The molecule has 19 heavy (non-hydrogen) atoms. The summed E-state index contributed by atoms with van der Waals surface area (Å²) in [5, 5.41) is 6.58. The molecule has 3 nitrogen and oxygen atoms in total. The van der Waals surface area contributed by atoms with Crippen molar-refractivity contribution in [1.29, 1.82) is 0 Å². The van der Waals surface area contributed by atoms with Crippen LogP contribution in [0.15, 0.2) is 48.6 Å². The van der Waals surface area contributed by atoms with E-state index < -0.39 is 0 Å². The average molecular weight is 274 g/mol. The average Bonchev–Trinajstić information content (AvgIpc) is 2.92. The molecule has 0 unspecified atom stereocenters. The minimum absolute atomic E-state index is 0.712. The lowest BCUT2D eigenvalue weighted by Crippen LogP contribution is -2.15. The second kappa shape index (κ2) is 7.71. The number of benzene rings is 1. The first kappa shape index (κ1) is 13.8. The van der Waals surface area contributed by atoms with Crippen molar-refractivity contribution in [2.24, 2.45) is 0 Å². The third kappa shape index (κ3) is 4.50. The lowest BCUT2D eigenvalue weighted by atomic mass is 10.2. The first-order chi connectivity index (χ1) is 9.40. The molecule has 0 saturated carbocycles. The fourth-order valence-electron chi connectivity index (χ4n) is 1.69. The fourth-order valence-corrected chi connectivity index (χ4v) is 2.47. The van der Waals surface area contributed by atoms with Crippen molar-refractivity contribution in [3.8, 4) is 11.3 Å². The largest absolute Gasteiger partial charge is 0.502 e. The molecule has 1 aromatic heterocycles. The van der Waals surface area contributed by atoms with E-state index in [-0.39, 0.29) is 0 Å². The maximum atomic E-state index is 5.06. The van der Waals surface area contributed by atoms with E-state index in [9.17, 15) is 0 Å². The summed E-state index contributed by atoms with van der Waals surface area (Å²) >= 11 is 1.69. The predicted octanol–water partition coefficient (Wildman–Crippen LogP) is 3.45. The maximum absolute atomic E-state index is 5.06. The highest BCUT2D eigenvalue weighted by atomic mass is 32.1. The second-order valence-electron chi connectivity index (χ2n) is 4.06. The fraction of sp³-hybridized carbons (Fsp3) is 0.267. The normalized spacial score (nSPS) is 10.3. The highest BCUT2D eigenvalue weighted by Crippen LogP contribution is 2.21. The Morgan fingerprint density at radius 2 is 2.16 bits per heavy atom. The lowest BCUT2D eigenvalue weighted by molar-refractivity contribution is 0.244. The molecule has 0 spiro atoms. The van der Waals surface area contributed by atoms with Gasteiger partial charge in [-0.2, -0.15) is 0 Å². The van der Waals surface area contributed by atoms with Crippen LogP contribution in [0.1, 0.15) is 11.4 Å². The molecular weight excluding hydrogens is 256 g/mol. The van der Waals surface area contributed by atoms with Crippen molar-refractivity contribution in [1.82, 2.24) is 10.3 Å². The van der Waals surface area contributed by atoms with E-state index in [2.05, 4.69) is 34.4 Å². The van der Waals surface area contributed by atoms with Crippen LogP contribution in [0.4, 0.5) is 0 Å². The Balaban J connectivity index is 1.77. The van der Waals surface area contributed by atoms with E-state index in [0.717, 1.165) is 30.2 Å². The van der Waals surface area contributed by atoms with Gasteiger partial charge in [0.15, 0.2) is 0 Å². The lowest BCUT2D eigenvalue weighted by Gasteiger charge is -2.02. The van der Waals surface area contributed by atoms with Gasteiger partial charge in [0.1, 0.15) is 5.01 Å². The van der Waals surface area contributed by atoms with Crippen LogP contribution < -0.4 is 5.32 Å². The van der Waals surface area contributed by atoms with Gasteiger partial charge in [0, 0.05) is 17.5 Å². The molecule has 0 atom stereocenters. The molecule has 0 amide bonds. The van der Waals surface area contributed by atoms with Gasteiger partial charge in [-0.15, -0.1) is 11.3 Å². The van der Waals surface area contributed by atoms with Crippen molar-refractivity contribution in [3.63, 3.8) is 0 Å². The summed E-state index contributed by atoms with van der Waals surface area (Å²) in [6.45, 7) is 5.95. The number of aromatic nitrogens is 1. The number of ether oxygens (including phenoxy) is 1. The highest BCUT2D eigenvalue weighted by Gasteiger charge is 2.03. The van der Waals surface area contributed by atoms with Gasteiger partial charge in [0.25, 0.3) is 0 Å². The summed E-state index contributed by atoms with van der Waals surface area (Å²) in [5.41, 5.74) is 2.22. The number of rotatable bonds is 8. The summed E-state index contributed by atoms with van der Waals surface area (Å²) in [7, 11) is 0. The van der Waals surface area contributed by atoms with Crippen LogP contribution in [-0.4, -0.2) is 18.1 Å². The van der Waals surface area contributed by atoms with Gasteiger partial charge in [0.2, 0.25) is 0 Å².